The van der Waals surface area contributed by atoms with Crippen molar-refractivity contribution in [2.45, 2.75) is 25.4 Å². The molecule has 0 aliphatic carbocycles. The zero-order chi connectivity index (χ0) is 16.9. The maximum atomic E-state index is 5.37. The van der Waals surface area contributed by atoms with Gasteiger partial charge in [0.05, 0.1) is 0 Å². The zero-order valence-electron chi connectivity index (χ0n) is 14.0. The van der Waals surface area contributed by atoms with Crippen LogP contribution in [0.25, 0.3) is 11.4 Å². The summed E-state index contributed by atoms with van der Waals surface area (Å²) in [6, 6.07) is 14.8. The molecule has 1 saturated heterocycles. The number of likely N-dealkylation sites (tertiary alicyclic amines) is 1. The standard InChI is InChI=1S/C19H21N5O/c1-2-7-16(8-3-1)18-22-19(25-23-18)21-17-9-5-11-24(14-17)13-15-6-4-10-20-12-15/h1-4,6-8,10,12,17H,5,9,11,13-14H2,(H,21,22,23)/t17-/m0/s1. The van der Waals surface area contributed by atoms with Gasteiger partial charge in [-0.15, -0.1) is 0 Å². The van der Waals surface area contributed by atoms with Crippen LogP contribution >= 0.6 is 0 Å². The SMILES string of the molecule is c1ccc(-c2noc(N[C@H]3CCCN(Cc4cccnc4)C3)n2)cc1. The third-order valence-corrected chi connectivity index (χ3v) is 4.42. The van der Waals surface area contributed by atoms with Crippen molar-refractivity contribution in [2.24, 2.45) is 0 Å². The number of pyridine rings is 1. The molecule has 6 heteroatoms. The number of rotatable bonds is 5. The second-order valence-corrected chi connectivity index (χ2v) is 6.37. The molecule has 1 N–H and O–H groups in total. The minimum Gasteiger partial charge on any atom is -0.334 e. The van der Waals surface area contributed by atoms with Gasteiger partial charge in [0.1, 0.15) is 0 Å². The molecular formula is C19H21N5O. The van der Waals surface area contributed by atoms with Gasteiger partial charge < -0.3 is 9.84 Å². The molecule has 4 rings (SSSR count). The van der Waals surface area contributed by atoms with Gasteiger partial charge in [0.25, 0.3) is 0 Å². The normalized spacial score (nSPS) is 18.2. The van der Waals surface area contributed by atoms with Crippen molar-refractivity contribution in [2.75, 3.05) is 18.4 Å². The molecule has 0 amide bonds. The second-order valence-electron chi connectivity index (χ2n) is 6.37. The van der Waals surface area contributed by atoms with Crippen molar-refractivity contribution >= 4 is 6.01 Å². The Bertz CT molecular complexity index is 790. The van der Waals surface area contributed by atoms with Gasteiger partial charge in [0.15, 0.2) is 0 Å². The first-order valence-corrected chi connectivity index (χ1v) is 8.64. The van der Waals surface area contributed by atoms with Crippen LogP contribution in [0.1, 0.15) is 18.4 Å². The van der Waals surface area contributed by atoms with E-state index >= 15 is 0 Å². The Labute approximate surface area is 146 Å². The number of aromatic nitrogens is 3. The van der Waals surface area contributed by atoms with Crippen molar-refractivity contribution in [3.05, 3.63) is 60.4 Å². The zero-order valence-corrected chi connectivity index (χ0v) is 14.0. The van der Waals surface area contributed by atoms with Crippen LogP contribution in [0.3, 0.4) is 0 Å². The van der Waals surface area contributed by atoms with Gasteiger partial charge >= 0.3 is 6.01 Å². The molecular weight excluding hydrogens is 314 g/mol. The van der Waals surface area contributed by atoms with Crippen LogP contribution in [0.15, 0.2) is 59.4 Å². The van der Waals surface area contributed by atoms with Gasteiger partial charge in [-0.1, -0.05) is 41.6 Å². The van der Waals surface area contributed by atoms with Crippen LogP contribution in [0.4, 0.5) is 6.01 Å². The molecule has 1 aliphatic heterocycles. The third-order valence-electron chi connectivity index (χ3n) is 4.42. The van der Waals surface area contributed by atoms with Crippen LogP contribution in [-0.2, 0) is 6.54 Å². The molecule has 1 aromatic carbocycles. The molecule has 128 valence electrons. The monoisotopic (exact) mass is 335 g/mol. The summed E-state index contributed by atoms with van der Waals surface area (Å²) in [4.78, 5) is 11.1. The first kappa shape index (κ1) is 15.8. The lowest BCUT2D eigenvalue weighted by Gasteiger charge is -2.32. The summed E-state index contributed by atoms with van der Waals surface area (Å²) in [6.07, 6.45) is 6.00. The summed E-state index contributed by atoms with van der Waals surface area (Å²) in [5, 5.41) is 7.46. The summed E-state index contributed by atoms with van der Waals surface area (Å²) in [5.74, 6) is 0.617. The second kappa shape index (κ2) is 7.44. The molecule has 1 fully saturated rings. The molecule has 3 aromatic rings. The highest BCUT2D eigenvalue weighted by Gasteiger charge is 2.21. The van der Waals surface area contributed by atoms with Gasteiger partial charge in [-0.05, 0) is 31.0 Å². The lowest BCUT2D eigenvalue weighted by atomic mass is 10.1. The van der Waals surface area contributed by atoms with E-state index in [2.05, 4.69) is 31.4 Å². The number of anilines is 1. The molecule has 25 heavy (non-hydrogen) atoms. The summed E-state index contributed by atoms with van der Waals surface area (Å²) >= 11 is 0. The fourth-order valence-electron chi connectivity index (χ4n) is 3.23. The van der Waals surface area contributed by atoms with Crippen molar-refractivity contribution < 1.29 is 4.52 Å². The third kappa shape index (κ3) is 4.03. The van der Waals surface area contributed by atoms with Crippen LogP contribution < -0.4 is 5.32 Å². The van der Waals surface area contributed by atoms with Crippen molar-refractivity contribution in [3.8, 4) is 11.4 Å². The lowest BCUT2D eigenvalue weighted by Crippen LogP contribution is -2.41. The van der Waals surface area contributed by atoms with E-state index in [9.17, 15) is 0 Å². The average Bonchev–Trinajstić information content (AvgIpc) is 3.12. The van der Waals surface area contributed by atoms with Crippen molar-refractivity contribution in [1.82, 2.24) is 20.0 Å². The largest absolute Gasteiger partial charge is 0.334 e. The Kier molecular flexibility index (Phi) is 4.70. The van der Waals surface area contributed by atoms with Crippen LogP contribution in [0, 0.1) is 0 Å². The predicted molar refractivity (Wildman–Crippen MR) is 95.9 cm³/mol. The Hall–Kier alpha value is -2.73. The topological polar surface area (TPSA) is 67.1 Å². The van der Waals surface area contributed by atoms with Gasteiger partial charge in [0.2, 0.25) is 5.82 Å². The molecule has 2 aromatic heterocycles. The first-order valence-electron chi connectivity index (χ1n) is 8.64. The quantitative estimate of drug-likeness (QED) is 0.772. The first-order chi connectivity index (χ1) is 12.4. The van der Waals surface area contributed by atoms with Crippen molar-refractivity contribution in [3.63, 3.8) is 0 Å². The van der Waals surface area contributed by atoms with Crippen LogP contribution in [0.5, 0.6) is 0 Å². The molecule has 0 radical (unpaired) electrons. The van der Waals surface area contributed by atoms with Gasteiger partial charge in [-0.25, -0.2) is 0 Å². The fraction of sp³-hybridized carbons (Fsp3) is 0.316. The molecule has 3 heterocycles. The Morgan fingerprint density at radius 2 is 2.08 bits per heavy atom. The van der Waals surface area contributed by atoms with Crippen LogP contribution in [0.2, 0.25) is 0 Å². The van der Waals surface area contributed by atoms with E-state index in [1.165, 1.54) is 5.56 Å². The molecule has 0 unspecified atom stereocenters. The van der Waals surface area contributed by atoms with E-state index in [-0.39, 0.29) is 0 Å². The van der Waals surface area contributed by atoms with E-state index in [4.69, 9.17) is 4.52 Å². The number of nitrogens with zero attached hydrogens (tertiary/aromatic N) is 4. The van der Waals surface area contributed by atoms with E-state index < -0.39 is 0 Å². The highest BCUT2D eigenvalue weighted by Crippen LogP contribution is 2.20. The molecule has 0 bridgehead atoms. The molecule has 6 nitrogen and oxygen atoms in total. The van der Waals surface area contributed by atoms with E-state index in [0.29, 0.717) is 17.9 Å². The Balaban J connectivity index is 1.37. The predicted octanol–water partition coefficient (Wildman–Crippen LogP) is 3.21. The van der Waals surface area contributed by atoms with E-state index in [1.54, 1.807) is 0 Å². The van der Waals surface area contributed by atoms with Gasteiger partial charge in [0, 0.05) is 37.1 Å². The average molecular weight is 335 g/mol. The molecule has 0 spiro atoms. The van der Waals surface area contributed by atoms with E-state index in [0.717, 1.165) is 38.0 Å². The summed E-state index contributed by atoms with van der Waals surface area (Å²) in [6.45, 7) is 2.98. The number of piperidine rings is 1. The van der Waals surface area contributed by atoms with E-state index in [1.807, 2.05) is 48.8 Å². The number of hydrogen-bond acceptors (Lipinski definition) is 6. The molecule has 0 saturated carbocycles. The lowest BCUT2D eigenvalue weighted by molar-refractivity contribution is 0.206. The Morgan fingerprint density at radius 3 is 2.92 bits per heavy atom. The minimum atomic E-state index is 0.314. The van der Waals surface area contributed by atoms with Crippen molar-refractivity contribution in [1.29, 1.82) is 0 Å². The minimum absolute atomic E-state index is 0.314. The summed E-state index contributed by atoms with van der Waals surface area (Å²) in [5.41, 5.74) is 2.20. The maximum Gasteiger partial charge on any atom is 0.322 e. The summed E-state index contributed by atoms with van der Waals surface area (Å²) in [7, 11) is 0. The highest BCUT2D eigenvalue weighted by molar-refractivity contribution is 5.54. The molecule has 1 atom stereocenters. The smallest absolute Gasteiger partial charge is 0.322 e. The maximum absolute atomic E-state index is 5.37. The summed E-state index contributed by atoms with van der Waals surface area (Å²) < 4.78 is 5.37. The van der Waals surface area contributed by atoms with Gasteiger partial charge in [-0.2, -0.15) is 4.98 Å². The molecule has 1 aliphatic rings. The van der Waals surface area contributed by atoms with Gasteiger partial charge in [-0.3, -0.25) is 9.88 Å². The number of hydrogen-bond donors (Lipinski definition) is 1. The highest BCUT2D eigenvalue weighted by atomic mass is 16.5. The Morgan fingerprint density at radius 1 is 1.16 bits per heavy atom. The van der Waals surface area contributed by atoms with Crippen LogP contribution in [-0.4, -0.2) is 39.2 Å². The number of nitrogens with one attached hydrogen (secondary N) is 1. The fourth-order valence-corrected chi connectivity index (χ4v) is 3.23. The number of benzene rings is 1.